The van der Waals surface area contributed by atoms with Crippen molar-refractivity contribution in [2.45, 2.75) is 0 Å². The van der Waals surface area contributed by atoms with Crippen molar-refractivity contribution in [3.63, 3.8) is 0 Å². The summed E-state index contributed by atoms with van der Waals surface area (Å²) in [5.74, 6) is 0. The molecular weight excluding hydrogens is 176 g/mol. The summed E-state index contributed by atoms with van der Waals surface area (Å²) in [4.78, 5) is 16.0. The summed E-state index contributed by atoms with van der Waals surface area (Å²) in [6.07, 6.45) is 1.48. The normalized spacial score (nSPS) is 10.4. The summed E-state index contributed by atoms with van der Waals surface area (Å²) in [5.41, 5.74) is 2.89. The van der Waals surface area contributed by atoms with Crippen LogP contribution in [0.3, 0.4) is 0 Å². The van der Waals surface area contributed by atoms with Crippen molar-refractivity contribution in [1.29, 1.82) is 0 Å². The molecule has 1 heterocycles. The first-order valence-electron chi connectivity index (χ1n) is 3.26. The van der Waals surface area contributed by atoms with Crippen molar-refractivity contribution in [3.8, 4) is 0 Å². The van der Waals surface area contributed by atoms with Gasteiger partial charge in [0, 0.05) is 13.1 Å². The number of hydrogen-bond donors (Lipinski definition) is 3. The zero-order valence-corrected chi connectivity index (χ0v) is 7.23. The first-order chi connectivity index (χ1) is 5.72. The van der Waals surface area contributed by atoms with Crippen molar-refractivity contribution < 1.29 is 0 Å². The minimum atomic E-state index is -0.240. The fraction of sp³-hybridized carbons (Fsp3) is 0.167. The summed E-state index contributed by atoms with van der Waals surface area (Å²) in [6, 6.07) is 1.37. The highest BCUT2D eigenvalue weighted by Gasteiger charge is 1.89. The van der Waals surface area contributed by atoms with Gasteiger partial charge in [-0.25, -0.2) is 0 Å². The van der Waals surface area contributed by atoms with Gasteiger partial charge in [0.2, 0.25) is 0 Å². The van der Waals surface area contributed by atoms with E-state index in [9.17, 15) is 4.79 Å². The lowest BCUT2D eigenvalue weighted by molar-refractivity contribution is 0.905. The number of aromatic amines is 2. The Morgan fingerprint density at radius 1 is 1.67 bits per heavy atom. The molecule has 0 aliphatic heterocycles. The van der Waals surface area contributed by atoms with E-state index in [1.54, 1.807) is 7.05 Å². The molecular formula is C6H8N4OS. The number of nitrogens with zero attached hydrogens (tertiary/aromatic N) is 1. The summed E-state index contributed by atoms with van der Waals surface area (Å²) in [5, 5.41) is 3.72. The van der Waals surface area contributed by atoms with Crippen LogP contribution in [0.4, 0.5) is 0 Å². The van der Waals surface area contributed by atoms with Crippen LogP contribution in [0.25, 0.3) is 0 Å². The molecule has 0 saturated carbocycles. The molecule has 0 spiro atoms. The lowest BCUT2D eigenvalue weighted by atomic mass is 10.4. The van der Waals surface area contributed by atoms with E-state index in [-0.39, 0.29) is 5.56 Å². The molecule has 1 aromatic heterocycles. The van der Waals surface area contributed by atoms with Gasteiger partial charge in [0.05, 0.1) is 11.9 Å². The van der Waals surface area contributed by atoms with Gasteiger partial charge in [-0.1, -0.05) is 0 Å². The van der Waals surface area contributed by atoms with Gasteiger partial charge in [0.1, 0.15) is 0 Å². The van der Waals surface area contributed by atoms with Gasteiger partial charge in [-0.2, -0.15) is 5.10 Å². The quantitative estimate of drug-likeness (QED) is 0.344. The zero-order valence-electron chi connectivity index (χ0n) is 6.42. The molecule has 0 fully saturated rings. The Labute approximate surface area is 73.5 Å². The standard InChI is InChI=1S/C6H8N4OS/c1-7-8-3-4-2-5(11)10-6(12)9-4/h2-3,7H,1H3,(H2,9,10,11,12). The molecule has 0 aliphatic rings. The molecule has 0 aromatic carbocycles. The van der Waals surface area contributed by atoms with E-state index in [2.05, 4.69) is 20.5 Å². The van der Waals surface area contributed by atoms with Crippen molar-refractivity contribution in [1.82, 2.24) is 15.4 Å². The Kier molecular flexibility index (Phi) is 2.76. The third-order valence-corrected chi connectivity index (χ3v) is 1.32. The van der Waals surface area contributed by atoms with E-state index >= 15 is 0 Å². The molecule has 6 heteroatoms. The van der Waals surface area contributed by atoms with Crippen LogP contribution in [0.15, 0.2) is 16.0 Å². The van der Waals surface area contributed by atoms with E-state index in [1.165, 1.54) is 12.3 Å². The Morgan fingerprint density at radius 2 is 2.42 bits per heavy atom. The third-order valence-electron chi connectivity index (χ3n) is 1.11. The first-order valence-corrected chi connectivity index (χ1v) is 3.66. The highest BCUT2D eigenvalue weighted by atomic mass is 32.1. The summed E-state index contributed by atoms with van der Waals surface area (Å²) in [6.45, 7) is 0. The number of hydrogen-bond acceptors (Lipinski definition) is 4. The Hall–Kier alpha value is -1.43. The Balaban J connectivity index is 3.09. The summed E-state index contributed by atoms with van der Waals surface area (Å²) < 4.78 is 0.292. The van der Waals surface area contributed by atoms with Gasteiger partial charge in [0.25, 0.3) is 5.56 Å². The monoisotopic (exact) mass is 184 g/mol. The fourth-order valence-electron chi connectivity index (χ4n) is 0.691. The second-order valence-electron chi connectivity index (χ2n) is 2.02. The van der Waals surface area contributed by atoms with Crippen LogP contribution >= 0.6 is 12.2 Å². The van der Waals surface area contributed by atoms with Crippen LogP contribution in [-0.2, 0) is 0 Å². The number of aromatic nitrogens is 2. The van der Waals surface area contributed by atoms with Crippen molar-refractivity contribution in [2.75, 3.05) is 7.05 Å². The zero-order chi connectivity index (χ0) is 8.97. The largest absolute Gasteiger partial charge is 0.331 e. The Bertz CT molecular complexity index is 363. The lowest BCUT2D eigenvalue weighted by Crippen LogP contribution is -2.08. The highest BCUT2D eigenvalue weighted by molar-refractivity contribution is 7.71. The molecule has 0 bridgehead atoms. The molecule has 0 radical (unpaired) electrons. The second kappa shape index (κ2) is 3.82. The molecule has 0 atom stereocenters. The van der Waals surface area contributed by atoms with Gasteiger partial charge < -0.3 is 10.4 Å². The SMILES string of the molecule is CNN=Cc1cc(=O)[nH]c(=S)[nH]1. The molecule has 5 nitrogen and oxygen atoms in total. The topological polar surface area (TPSA) is 73.0 Å². The predicted octanol–water partition coefficient (Wildman–Crippen LogP) is -0.0142. The minimum Gasteiger partial charge on any atom is -0.331 e. The fourth-order valence-corrected chi connectivity index (χ4v) is 0.910. The number of rotatable bonds is 2. The van der Waals surface area contributed by atoms with Gasteiger partial charge in [0.15, 0.2) is 4.77 Å². The lowest BCUT2D eigenvalue weighted by Gasteiger charge is -1.91. The van der Waals surface area contributed by atoms with E-state index in [4.69, 9.17) is 12.2 Å². The maximum absolute atomic E-state index is 10.8. The molecule has 0 amide bonds. The van der Waals surface area contributed by atoms with E-state index in [1.807, 2.05) is 0 Å². The molecule has 1 rings (SSSR count). The molecule has 0 aliphatic carbocycles. The summed E-state index contributed by atoms with van der Waals surface area (Å²) >= 11 is 4.74. The van der Waals surface area contributed by atoms with Crippen LogP contribution in [0.5, 0.6) is 0 Å². The molecule has 3 N–H and O–H groups in total. The van der Waals surface area contributed by atoms with Crippen molar-refractivity contribution in [2.24, 2.45) is 5.10 Å². The van der Waals surface area contributed by atoms with Gasteiger partial charge in [-0.05, 0) is 12.2 Å². The first kappa shape index (κ1) is 8.66. The molecule has 0 saturated heterocycles. The third kappa shape index (κ3) is 2.31. The summed E-state index contributed by atoms with van der Waals surface area (Å²) in [7, 11) is 1.66. The van der Waals surface area contributed by atoms with Crippen LogP contribution in [-0.4, -0.2) is 23.2 Å². The Morgan fingerprint density at radius 3 is 3.00 bits per heavy atom. The van der Waals surface area contributed by atoms with E-state index in [0.29, 0.717) is 10.5 Å². The molecule has 12 heavy (non-hydrogen) atoms. The predicted molar refractivity (Wildman–Crippen MR) is 48.9 cm³/mol. The molecule has 64 valence electrons. The number of H-pyrrole nitrogens is 2. The van der Waals surface area contributed by atoms with E-state index in [0.717, 1.165) is 0 Å². The van der Waals surface area contributed by atoms with Gasteiger partial charge in [-0.15, -0.1) is 0 Å². The van der Waals surface area contributed by atoms with Crippen LogP contribution in [0.1, 0.15) is 5.69 Å². The van der Waals surface area contributed by atoms with Gasteiger partial charge >= 0.3 is 0 Å². The average Bonchev–Trinajstić information content (AvgIpc) is 1.99. The second-order valence-corrected chi connectivity index (χ2v) is 2.43. The van der Waals surface area contributed by atoms with Crippen LogP contribution in [0, 0.1) is 4.77 Å². The van der Waals surface area contributed by atoms with E-state index < -0.39 is 0 Å². The van der Waals surface area contributed by atoms with Gasteiger partial charge in [-0.3, -0.25) is 9.78 Å². The number of nitrogens with one attached hydrogen (secondary N) is 3. The molecule has 1 aromatic rings. The molecule has 0 unspecified atom stereocenters. The highest BCUT2D eigenvalue weighted by Crippen LogP contribution is 1.82. The van der Waals surface area contributed by atoms with Crippen molar-refractivity contribution in [3.05, 3.63) is 26.9 Å². The number of hydrazone groups is 1. The maximum Gasteiger partial charge on any atom is 0.252 e. The maximum atomic E-state index is 10.8. The van der Waals surface area contributed by atoms with Crippen LogP contribution in [0.2, 0.25) is 0 Å². The van der Waals surface area contributed by atoms with Crippen molar-refractivity contribution >= 4 is 18.4 Å². The minimum absolute atomic E-state index is 0.240. The van der Waals surface area contributed by atoms with Crippen LogP contribution < -0.4 is 11.0 Å². The average molecular weight is 184 g/mol. The smallest absolute Gasteiger partial charge is 0.252 e.